The second-order valence-corrected chi connectivity index (χ2v) is 8.75. The van der Waals surface area contributed by atoms with Crippen molar-refractivity contribution in [3.63, 3.8) is 0 Å². The predicted molar refractivity (Wildman–Crippen MR) is 111 cm³/mol. The number of anilines is 1. The maximum absolute atomic E-state index is 12.9. The number of hydrogen-bond donors (Lipinski definition) is 1. The van der Waals surface area contributed by atoms with Gasteiger partial charge in [-0.15, -0.1) is 11.8 Å². The van der Waals surface area contributed by atoms with Gasteiger partial charge in [0, 0.05) is 48.6 Å². The highest BCUT2D eigenvalue weighted by atomic mass is 32.2. The molecule has 1 unspecified atom stereocenters. The van der Waals surface area contributed by atoms with Crippen LogP contribution < -0.4 is 10.2 Å². The molecule has 3 rings (SSSR count). The molecule has 1 atom stereocenters. The van der Waals surface area contributed by atoms with Crippen LogP contribution in [0.2, 0.25) is 0 Å². The van der Waals surface area contributed by atoms with Gasteiger partial charge in [0.2, 0.25) is 17.7 Å². The Morgan fingerprint density at radius 1 is 1.11 bits per heavy atom. The Morgan fingerprint density at radius 3 is 2.32 bits per heavy atom. The molecular weight excluding hydrogens is 374 g/mol. The minimum atomic E-state index is -0.297. The second-order valence-electron chi connectivity index (χ2n) is 7.87. The molecule has 0 radical (unpaired) electrons. The minimum Gasteiger partial charge on any atom is -0.354 e. The Kier molecular flexibility index (Phi) is 6.65. The van der Waals surface area contributed by atoms with Crippen molar-refractivity contribution >= 4 is 35.2 Å². The van der Waals surface area contributed by atoms with E-state index in [1.807, 2.05) is 49.3 Å². The fraction of sp³-hybridized carbons (Fsp3) is 0.571. The van der Waals surface area contributed by atoms with Crippen molar-refractivity contribution in [2.24, 2.45) is 11.8 Å². The molecule has 2 heterocycles. The third kappa shape index (κ3) is 4.69. The smallest absolute Gasteiger partial charge is 0.228 e. The molecule has 1 aromatic carbocycles. The molecule has 0 aromatic heterocycles. The number of carbonyl (C=O) groups excluding carboxylic acids is 3. The normalized spacial score (nSPS) is 20.7. The summed E-state index contributed by atoms with van der Waals surface area (Å²) in [5.74, 6) is -0.198. The summed E-state index contributed by atoms with van der Waals surface area (Å²) in [4.78, 5) is 42.2. The van der Waals surface area contributed by atoms with E-state index in [1.165, 1.54) is 0 Å². The van der Waals surface area contributed by atoms with Crippen molar-refractivity contribution in [3.05, 3.63) is 24.3 Å². The standard InChI is InChI=1S/C21H29N3O3S/c1-14(2)22-20(26)15-8-10-23(11-9-15)21(27)16-12-19(25)24(13-16)17-4-6-18(28-3)7-5-17/h4-7,14-16H,8-13H2,1-3H3,(H,22,26). The van der Waals surface area contributed by atoms with Crippen LogP contribution in [0.25, 0.3) is 0 Å². The van der Waals surface area contributed by atoms with E-state index in [-0.39, 0.29) is 42.0 Å². The fourth-order valence-electron chi connectivity index (χ4n) is 3.91. The molecule has 28 heavy (non-hydrogen) atoms. The van der Waals surface area contributed by atoms with E-state index in [0.29, 0.717) is 32.5 Å². The van der Waals surface area contributed by atoms with Gasteiger partial charge in [-0.25, -0.2) is 0 Å². The minimum absolute atomic E-state index is 0.00134. The lowest BCUT2D eigenvalue weighted by Crippen LogP contribution is -2.46. The zero-order chi connectivity index (χ0) is 20.3. The summed E-state index contributed by atoms with van der Waals surface area (Å²) in [6.45, 7) is 5.51. The molecule has 6 nitrogen and oxygen atoms in total. The summed E-state index contributed by atoms with van der Waals surface area (Å²) in [6.07, 6.45) is 3.65. The van der Waals surface area contributed by atoms with E-state index >= 15 is 0 Å². The van der Waals surface area contributed by atoms with Crippen molar-refractivity contribution in [1.82, 2.24) is 10.2 Å². The van der Waals surface area contributed by atoms with Gasteiger partial charge in [-0.3, -0.25) is 14.4 Å². The fourth-order valence-corrected chi connectivity index (χ4v) is 4.32. The average Bonchev–Trinajstić information content (AvgIpc) is 3.08. The van der Waals surface area contributed by atoms with Crippen LogP contribution in [0.3, 0.4) is 0 Å². The molecule has 2 fully saturated rings. The number of likely N-dealkylation sites (tertiary alicyclic amines) is 1. The van der Waals surface area contributed by atoms with Crippen LogP contribution in [0.15, 0.2) is 29.2 Å². The molecule has 1 N–H and O–H groups in total. The van der Waals surface area contributed by atoms with Gasteiger partial charge in [-0.05, 0) is 57.2 Å². The van der Waals surface area contributed by atoms with E-state index < -0.39 is 0 Å². The van der Waals surface area contributed by atoms with Crippen LogP contribution in [0, 0.1) is 11.8 Å². The van der Waals surface area contributed by atoms with Crippen molar-refractivity contribution < 1.29 is 14.4 Å². The van der Waals surface area contributed by atoms with Gasteiger partial charge < -0.3 is 15.1 Å². The zero-order valence-electron chi connectivity index (χ0n) is 16.8. The third-order valence-corrected chi connectivity index (χ3v) is 6.21. The molecule has 2 saturated heterocycles. The first-order valence-electron chi connectivity index (χ1n) is 9.92. The lowest BCUT2D eigenvalue weighted by atomic mass is 9.94. The first kappa shape index (κ1) is 20.7. The largest absolute Gasteiger partial charge is 0.354 e. The van der Waals surface area contributed by atoms with Crippen LogP contribution in [0.1, 0.15) is 33.1 Å². The van der Waals surface area contributed by atoms with E-state index in [0.717, 1.165) is 10.6 Å². The molecule has 2 aliphatic heterocycles. The van der Waals surface area contributed by atoms with Crippen molar-refractivity contribution in [3.8, 4) is 0 Å². The third-order valence-electron chi connectivity index (χ3n) is 5.47. The molecule has 0 saturated carbocycles. The number of benzene rings is 1. The number of rotatable bonds is 5. The molecule has 1 aromatic rings. The van der Waals surface area contributed by atoms with E-state index in [4.69, 9.17) is 0 Å². The van der Waals surface area contributed by atoms with Gasteiger partial charge >= 0.3 is 0 Å². The SMILES string of the molecule is CSc1ccc(N2CC(C(=O)N3CCC(C(=O)NC(C)C)CC3)CC2=O)cc1. The highest BCUT2D eigenvalue weighted by molar-refractivity contribution is 7.98. The Bertz CT molecular complexity index is 727. The molecule has 0 spiro atoms. The number of carbonyl (C=O) groups is 3. The average molecular weight is 404 g/mol. The summed E-state index contributed by atoms with van der Waals surface area (Å²) in [7, 11) is 0. The van der Waals surface area contributed by atoms with Crippen molar-refractivity contribution in [2.75, 3.05) is 30.8 Å². The molecule has 3 amide bonds. The maximum Gasteiger partial charge on any atom is 0.228 e. The molecule has 0 bridgehead atoms. The lowest BCUT2D eigenvalue weighted by molar-refractivity contribution is -0.139. The monoisotopic (exact) mass is 403 g/mol. The maximum atomic E-state index is 12.9. The molecule has 152 valence electrons. The van der Waals surface area contributed by atoms with E-state index in [2.05, 4.69) is 5.32 Å². The summed E-state index contributed by atoms with van der Waals surface area (Å²) < 4.78 is 0. The molecule has 0 aliphatic carbocycles. The van der Waals surface area contributed by atoms with Crippen molar-refractivity contribution in [2.45, 2.75) is 44.0 Å². The highest BCUT2D eigenvalue weighted by Crippen LogP contribution is 2.29. The van der Waals surface area contributed by atoms with Gasteiger partial charge in [0.1, 0.15) is 0 Å². The molecular formula is C21H29N3O3S. The molecule has 2 aliphatic rings. The number of piperidine rings is 1. The molecule has 7 heteroatoms. The second kappa shape index (κ2) is 8.99. The number of thioether (sulfide) groups is 1. The number of hydrogen-bond acceptors (Lipinski definition) is 4. The first-order valence-corrected chi connectivity index (χ1v) is 11.1. The lowest BCUT2D eigenvalue weighted by Gasteiger charge is -2.33. The van der Waals surface area contributed by atoms with Crippen LogP contribution in [0.4, 0.5) is 5.69 Å². The summed E-state index contributed by atoms with van der Waals surface area (Å²) >= 11 is 1.66. The summed E-state index contributed by atoms with van der Waals surface area (Å²) in [5.41, 5.74) is 0.849. The highest BCUT2D eigenvalue weighted by Gasteiger charge is 2.38. The van der Waals surface area contributed by atoms with Gasteiger partial charge in [0.15, 0.2) is 0 Å². The topological polar surface area (TPSA) is 69.7 Å². The zero-order valence-corrected chi connectivity index (χ0v) is 17.6. The summed E-state index contributed by atoms with van der Waals surface area (Å²) in [5, 5.41) is 2.95. The number of nitrogens with zero attached hydrogens (tertiary/aromatic N) is 2. The van der Waals surface area contributed by atoms with Crippen molar-refractivity contribution in [1.29, 1.82) is 0 Å². The van der Waals surface area contributed by atoms with E-state index in [1.54, 1.807) is 16.7 Å². The predicted octanol–water partition coefficient (Wildman–Crippen LogP) is 2.52. The quantitative estimate of drug-likeness (QED) is 0.767. The van der Waals surface area contributed by atoms with Gasteiger partial charge in [0.25, 0.3) is 0 Å². The first-order chi connectivity index (χ1) is 13.4. The Labute approximate surface area is 171 Å². The Hall–Kier alpha value is -2.02. The van der Waals surface area contributed by atoms with Gasteiger partial charge in [0.05, 0.1) is 5.92 Å². The van der Waals surface area contributed by atoms with Gasteiger partial charge in [-0.1, -0.05) is 0 Å². The number of amides is 3. The Balaban J connectivity index is 1.55. The van der Waals surface area contributed by atoms with Crippen LogP contribution >= 0.6 is 11.8 Å². The Morgan fingerprint density at radius 2 is 1.75 bits per heavy atom. The van der Waals surface area contributed by atoms with Gasteiger partial charge in [-0.2, -0.15) is 0 Å². The van der Waals surface area contributed by atoms with Crippen LogP contribution in [0.5, 0.6) is 0 Å². The summed E-state index contributed by atoms with van der Waals surface area (Å²) in [6, 6.07) is 8.00. The van der Waals surface area contributed by atoms with Crippen LogP contribution in [-0.2, 0) is 14.4 Å². The van der Waals surface area contributed by atoms with E-state index in [9.17, 15) is 14.4 Å². The number of nitrogens with one attached hydrogen (secondary N) is 1. The van der Waals surface area contributed by atoms with Crippen LogP contribution in [-0.4, -0.2) is 54.6 Å².